The van der Waals surface area contributed by atoms with Crippen LogP contribution >= 0.6 is 0 Å². The molecule has 1 amide bonds. The van der Waals surface area contributed by atoms with Gasteiger partial charge < -0.3 is 10.0 Å². The zero-order valence-electron chi connectivity index (χ0n) is 12.1. The molecule has 0 aliphatic carbocycles. The number of hydrogen-bond donors (Lipinski definition) is 1. The molecule has 3 rings (SSSR count). The second kappa shape index (κ2) is 6.01. The van der Waals surface area contributed by atoms with E-state index in [0.29, 0.717) is 25.9 Å². The van der Waals surface area contributed by atoms with E-state index >= 15 is 0 Å². The monoisotopic (exact) mass is 299 g/mol. The first kappa shape index (κ1) is 14.3. The van der Waals surface area contributed by atoms with Crippen molar-refractivity contribution in [3.8, 4) is 5.69 Å². The molecule has 22 heavy (non-hydrogen) atoms. The molecule has 0 radical (unpaired) electrons. The van der Waals surface area contributed by atoms with Crippen LogP contribution in [0.5, 0.6) is 0 Å². The van der Waals surface area contributed by atoms with Gasteiger partial charge >= 0.3 is 5.97 Å². The molecule has 6 nitrogen and oxygen atoms in total. The standard InChI is InChI=1S/C16H17N3O3/c20-15(18-9-6-13(11-18)16(21)22)10-12-2-4-14(5-3-12)19-8-1-7-17-19/h1-5,7-8,13H,6,9-11H2,(H,21,22)/t13-/m0/s1. The Balaban J connectivity index is 1.61. The van der Waals surface area contributed by atoms with Crippen molar-refractivity contribution in [2.75, 3.05) is 13.1 Å². The number of rotatable bonds is 4. The molecule has 1 aromatic carbocycles. The summed E-state index contributed by atoms with van der Waals surface area (Å²) in [5, 5.41) is 13.1. The highest BCUT2D eigenvalue weighted by atomic mass is 16.4. The second-order valence-corrected chi connectivity index (χ2v) is 5.46. The van der Waals surface area contributed by atoms with E-state index in [4.69, 9.17) is 5.11 Å². The summed E-state index contributed by atoms with van der Waals surface area (Å²) in [5.41, 5.74) is 1.85. The number of amides is 1. The Kier molecular flexibility index (Phi) is 3.91. The predicted molar refractivity (Wildman–Crippen MR) is 79.6 cm³/mol. The quantitative estimate of drug-likeness (QED) is 0.924. The molecule has 114 valence electrons. The van der Waals surface area contributed by atoms with Crippen LogP contribution < -0.4 is 0 Å². The van der Waals surface area contributed by atoms with E-state index in [0.717, 1.165) is 11.3 Å². The normalized spacial score (nSPS) is 17.6. The van der Waals surface area contributed by atoms with Crippen molar-refractivity contribution in [3.63, 3.8) is 0 Å². The molecule has 1 fully saturated rings. The van der Waals surface area contributed by atoms with Gasteiger partial charge in [-0.05, 0) is 30.2 Å². The second-order valence-electron chi connectivity index (χ2n) is 5.46. The fourth-order valence-corrected chi connectivity index (χ4v) is 2.66. The Morgan fingerprint density at radius 3 is 2.64 bits per heavy atom. The lowest BCUT2D eigenvalue weighted by Gasteiger charge is -2.15. The van der Waals surface area contributed by atoms with Gasteiger partial charge in [0.1, 0.15) is 0 Å². The van der Waals surface area contributed by atoms with E-state index in [1.807, 2.05) is 36.5 Å². The average molecular weight is 299 g/mol. The Hall–Kier alpha value is -2.63. The third-order valence-electron chi connectivity index (χ3n) is 3.95. The van der Waals surface area contributed by atoms with Crippen LogP contribution in [-0.2, 0) is 16.0 Å². The van der Waals surface area contributed by atoms with Crippen LogP contribution in [-0.4, -0.2) is 44.8 Å². The molecule has 0 unspecified atom stereocenters. The van der Waals surface area contributed by atoms with Gasteiger partial charge in [-0.15, -0.1) is 0 Å². The molecule has 2 aromatic rings. The molecule has 1 saturated heterocycles. The van der Waals surface area contributed by atoms with Crippen molar-refractivity contribution in [1.29, 1.82) is 0 Å². The predicted octanol–water partition coefficient (Wildman–Crippen LogP) is 1.35. The Morgan fingerprint density at radius 1 is 1.27 bits per heavy atom. The zero-order valence-corrected chi connectivity index (χ0v) is 12.1. The molecule has 6 heteroatoms. The van der Waals surface area contributed by atoms with Crippen molar-refractivity contribution >= 4 is 11.9 Å². The number of aliphatic carboxylic acids is 1. The SMILES string of the molecule is O=C(O)[C@H]1CCN(C(=O)Cc2ccc(-n3cccn3)cc2)C1. The van der Waals surface area contributed by atoms with Crippen LogP contribution in [0, 0.1) is 5.92 Å². The molecule has 1 N–H and O–H groups in total. The van der Waals surface area contributed by atoms with Gasteiger partial charge in [0.25, 0.3) is 0 Å². The third-order valence-corrected chi connectivity index (χ3v) is 3.95. The summed E-state index contributed by atoms with van der Waals surface area (Å²) in [4.78, 5) is 24.8. The van der Waals surface area contributed by atoms with Crippen molar-refractivity contribution in [2.24, 2.45) is 5.92 Å². The number of carbonyl (C=O) groups is 2. The topological polar surface area (TPSA) is 75.4 Å². The third kappa shape index (κ3) is 3.00. The van der Waals surface area contributed by atoms with Crippen LogP contribution in [0.15, 0.2) is 42.7 Å². The zero-order chi connectivity index (χ0) is 15.5. The van der Waals surface area contributed by atoms with Crippen molar-refractivity contribution in [3.05, 3.63) is 48.3 Å². The summed E-state index contributed by atoms with van der Waals surface area (Å²) in [6, 6.07) is 9.49. The maximum absolute atomic E-state index is 12.2. The number of carbonyl (C=O) groups excluding carboxylic acids is 1. The van der Waals surface area contributed by atoms with Crippen LogP contribution in [0.4, 0.5) is 0 Å². The highest BCUT2D eigenvalue weighted by Crippen LogP contribution is 2.18. The van der Waals surface area contributed by atoms with Gasteiger partial charge in [-0.1, -0.05) is 12.1 Å². The molecule has 1 aliphatic heterocycles. The van der Waals surface area contributed by atoms with Gasteiger partial charge in [-0.25, -0.2) is 4.68 Å². The van der Waals surface area contributed by atoms with Crippen LogP contribution in [0.25, 0.3) is 5.69 Å². The average Bonchev–Trinajstić information content (AvgIpc) is 3.20. The summed E-state index contributed by atoms with van der Waals surface area (Å²) in [6.07, 6.45) is 4.41. The van der Waals surface area contributed by atoms with Crippen LogP contribution in [0.2, 0.25) is 0 Å². The molecule has 1 atom stereocenters. The van der Waals surface area contributed by atoms with E-state index in [1.165, 1.54) is 0 Å². The number of nitrogens with zero attached hydrogens (tertiary/aromatic N) is 3. The first-order chi connectivity index (χ1) is 10.6. The van der Waals surface area contributed by atoms with Crippen LogP contribution in [0.3, 0.4) is 0 Å². The smallest absolute Gasteiger partial charge is 0.308 e. The first-order valence-electron chi connectivity index (χ1n) is 7.23. The molecular formula is C16H17N3O3. The fourth-order valence-electron chi connectivity index (χ4n) is 2.66. The minimum atomic E-state index is -0.820. The minimum Gasteiger partial charge on any atom is -0.481 e. The van der Waals surface area contributed by atoms with Crippen molar-refractivity contribution in [1.82, 2.24) is 14.7 Å². The lowest BCUT2D eigenvalue weighted by molar-refractivity contribution is -0.141. The molecule has 2 heterocycles. The molecule has 0 bridgehead atoms. The number of carboxylic acid groups (broad SMARTS) is 1. The summed E-state index contributed by atoms with van der Waals surface area (Å²) in [5.74, 6) is -1.26. The molecular weight excluding hydrogens is 282 g/mol. The summed E-state index contributed by atoms with van der Waals surface area (Å²) in [7, 11) is 0. The van der Waals surface area contributed by atoms with Gasteiger partial charge in [-0.3, -0.25) is 9.59 Å². The fraction of sp³-hybridized carbons (Fsp3) is 0.312. The first-order valence-corrected chi connectivity index (χ1v) is 7.23. The maximum atomic E-state index is 12.2. The summed E-state index contributed by atoms with van der Waals surface area (Å²) in [6.45, 7) is 0.848. The lowest BCUT2D eigenvalue weighted by atomic mass is 10.1. The summed E-state index contributed by atoms with van der Waals surface area (Å²) < 4.78 is 1.75. The van der Waals surface area contributed by atoms with Gasteiger partial charge in [-0.2, -0.15) is 5.10 Å². The van der Waals surface area contributed by atoms with Gasteiger partial charge in [0, 0.05) is 25.5 Å². The van der Waals surface area contributed by atoms with Gasteiger partial charge in [0.2, 0.25) is 5.91 Å². The van der Waals surface area contributed by atoms with Crippen molar-refractivity contribution in [2.45, 2.75) is 12.8 Å². The maximum Gasteiger partial charge on any atom is 0.308 e. The number of hydrogen-bond acceptors (Lipinski definition) is 3. The number of carboxylic acids is 1. The minimum absolute atomic E-state index is 0.0180. The Morgan fingerprint density at radius 2 is 2.05 bits per heavy atom. The van der Waals surface area contributed by atoms with E-state index in [2.05, 4.69) is 5.10 Å². The number of aromatic nitrogens is 2. The molecule has 0 saturated carbocycles. The number of likely N-dealkylation sites (tertiary alicyclic amines) is 1. The molecule has 1 aliphatic rings. The van der Waals surface area contributed by atoms with E-state index in [-0.39, 0.29) is 5.91 Å². The van der Waals surface area contributed by atoms with Gasteiger partial charge in [0.15, 0.2) is 0 Å². The van der Waals surface area contributed by atoms with E-state index in [9.17, 15) is 9.59 Å². The Bertz CT molecular complexity index is 664. The van der Waals surface area contributed by atoms with E-state index < -0.39 is 11.9 Å². The van der Waals surface area contributed by atoms with Crippen LogP contribution in [0.1, 0.15) is 12.0 Å². The lowest BCUT2D eigenvalue weighted by Crippen LogP contribution is -2.31. The Labute approximate surface area is 128 Å². The van der Waals surface area contributed by atoms with E-state index in [1.54, 1.807) is 15.8 Å². The highest BCUT2D eigenvalue weighted by molar-refractivity contribution is 5.80. The molecule has 0 spiro atoms. The summed E-state index contributed by atoms with van der Waals surface area (Å²) >= 11 is 0. The van der Waals surface area contributed by atoms with Gasteiger partial charge in [0.05, 0.1) is 18.0 Å². The highest BCUT2D eigenvalue weighted by Gasteiger charge is 2.30. The number of benzene rings is 1. The molecule has 1 aromatic heterocycles. The van der Waals surface area contributed by atoms with Crippen molar-refractivity contribution < 1.29 is 14.7 Å². The largest absolute Gasteiger partial charge is 0.481 e.